The molecular weight excluding hydrogens is 266 g/mol. The standard InChI is InChI=1S/C14H16ClNO3/c15-12-2-1-3-14(6-12)19-10-13(17)8-16-7-11-4-5-18-9-11/h1-6,9,13,16-17H,7-8,10H2. The summed E-state index contributed by atoms with van der Waals surface area (Å²) in [5.41, 5.74) is 1.04. The zero-order chi connectivity index (χ0) is 13.5. The Bertz CT molecular complexity index is 487. The minimum Gasteiger partial charge on any atom is -0.491 e. The van der Waals surface area contributed by atoms with Crippen LogP contribution in [0, 0.1) is 0 Å². The summed E-state index contributed by atoms with van der Waals surface area (Å²) in [5.74, 6) is 0.654. The van der Waals surface area contributed by atoms with Crippen LogP contribution in [-0.4, -0.2) is 24.4 Å². The van der Waals surface area contributed by atoms with E-state index in [1.165, 1.54) is 0 Å². The van der Waals surface area contributed by atoms with E-state index in [9.17, 15) is 5.11 Å². The Kier molecular flexibility index (Phi) is 5.27. The van der Waals surface area contributed by atoms with Crippen LogP contribution in [0.4, 0.5) is 0 Å². The lowest BCUT2D eigenvalue weighted by Gasteiger charge is -2.13. The molecule has 102 valence electrons. The quantitative estimate of drug-likeness (QED) is 0.819. The highest BCUT2D eigenvalue weighted by atomic mass is 35.5. The van der Waals surface area contributed by atoms with Crippen molar-refractivity contribution in [3.05, 3.63) is 53.4 Å². The summed E-state index contributed by atoms with van der Waals surface area (Å²) in [6.45, 7) is 1.33. The Morgan fingerprint density at radius 1 is 1.37 bits per heavy atom. The Morgan fingerprint density at radius 3 is 3.00 bits per heavy atom. The molecule has 5 heteroatoms. The molecule has 1 aromatic carbocycles. The fraction of sp³-hybridized carbons (Fsp3) is 0.286. The summed E-state index contributed by atoms with van der Waals surface area (Å²) in [7, 11) is 0. The molecule has 1 heterocycles. The first-order valence-corrected chi connectivity index (χ1v) is 6.40. The molecule has 1 unspecified atom stereocenters. The van der Waals surface area contributed by atoms with Crippen molar-refractivity contribution < 1.29 is 14.3 Å². The van der Waals surface area contributed by atoms with E-state index in [0.717, 1.165) is 5.56 Å². The van der Waals surface area contributed by atoms with Crippen molar-refractivity contribution in [2.45, 2.75) is 12.6 Å². The second kappa shape index (κ2) is 7.19. The van der Waals surface area contributed by atoms with Crippen molar-refractivity contribution in [1.29, 1.82) is 0 Å². The van der Waals surface area contributed by atoms with Crippen LogP contribution < -0.4 is 10.1 Å². The van der Waals surface area contributed by atoms with Gasteiger partial charge < -0.3 is 19.6 Å². The third-order valence-electron chi connectivity index (χ3n) is 2.53. The molecule has 19 heavy (non-hydrogen) atoms. The summed E-state index contributed by atoms with van der Waals surface area (Å²) >= 11 is 5.84. The van der Waals surface area contributed by atoms with E-state index < -0.39 is 6.10 Å². The number of furan rings is 1. The number of aliphatic hydroxyl groups is 1. The normalized spacial score (nSPS) is 12.3. The molecule has 0 spiro atoms. The fourth-order valence-corrected chi connectivity index (χ4v) is 1.76. The largest absolute Gasteiger partial charge is 0.491 e. The summed E-state index contributed by atoms with van der Waals surface area (Å²) in [4.78, 5) is 0. The third-order valence-corrected chi connectivity index (χ3v) is 2.76. The lowest BCUT2D eigenvalue weighted by Crippen LogP contribution is -2.31. The van der Waals surface area contributed by atoms with Gasteiger partial charge in [-0.3, -0.25) is 0 Å². The topological polar surface area (TPSA) is 54.6 Å². The van der Waals surface area contributed by atoms with E-state index >= 15 is 0 Å². The molecule has 0 aliphatic rings. The van der Waals surface area contributed by atoms with Crippen LogP contribution in [0.5, 0.6) is 5.75 Å². The van der Waals surface area contributed by atoms with Crippen molar-refractivity contribution in [2.75, 3.05) is 13.2 Å². The molecule has 0 aliphatic carbocycles. The summed E-state index contributed by atoms with van der Waals surface area (Å²) in [5, 5.41) is 13.5. The molecule has 0 fully saturated rings. The lowest BCUT2D eigenvalue weighted by atomic mass is 10.3. The highest BCUT2D eigenvalue weighted by Crippen LogP contribution is 2.17. The van der Waals surface area contributed by atoms with E-state index in [4.69, 9.17) is 20.8 Å². The van der Waals surface area contributed by atoms with Crippen LogP contribution in [-0.2, 0) is 6.54 Å². The Morgan fingerprint density at radius 2 is 2.26 bits per heavy atom. The highest BCUT2D eigenvalue weighted by molar-refractivity contribution is 6.30. The van der Waals surface area contributed by atoms with E-state index in [-0.39, 0.29) is 6.61 Å². The van der Waals surface area contributed by atoms with Crippen LogP contribution in [0.3, 0.4) is 0 Å². The second-order valence-electron chi connectivity index (χ2n) is 4.18. The molecule has 4 nitrogen and oxygen atoms in total. The molecule has 1 aromatic heterocycles. The first-order valence-electron chi connectivity index (χ1n) is 6.02. The first-order chi connectivity index (χ1) is 9.24. The minimum atomic E-state index is -0.578. The van der Waals surface area contributed by atoms with E-state index in [2.05, 4.69) is 5.32 Å². The van der Waals surface area contributed by atoms with Gasteiger partial charge in [0.2, 0.25) is 0 Å². The van der Waals surface area contributed by atoms with Gasteiger partial charge in [-0.2, -0.15) is 0 Å². The van der Waals surface area contributed by atoms with Crippen LogP contribution in [0.25, 0.3) is 0 Å². The fourth-order valence-electron chi connectivity index (χ4n) is 1.58. The molecule has 0 amide bonds. The van der Waals surface area contributed by atoms with Gasteiger partial charge in [0.05, 0.1) is 12.5 Å². The summed E-state index contributed by atoms with van der Waals surface area (Å²) in [6, 6.07) is 8.98. The Balaban J connectivity index is 1.65. The van der Waals surface area contributed by atoms with Gasteiger partial charge in [-0.25, -0.2) is 0 Å². The maximum absolute atomic E-state index is 9.76. The van der Waals surface area contributed by atoms with Gasteiger partial charge in [0.1, 0.15) is 18.5 Å². The number of hydrogen-bond donors (Lipinski definition) is 2. The number of ether oxygens (including phenoxy) is 1. The molecule has 1 atom stereocenters. The summed E-state index contributed by atoms with van der Waals surface area (Å²) < 4.78 is 10.4. The molecular formula is C14H16ClNO3. The van der Waals surface area contributed by atoms with Gasteiger partial charge in [-0.1, -0.05) is 17.7 Å². The monoisotopic (exact) mass is 281 g/mol. The number of hydrogen-bond acceptors (Lipinski definition) is 4. The average molecular weight is 282 g/mol. The smallest absolute Gasteiger partial charge is 0.120 e. The van der Waals surface area contributed by atoms with E-state index in [0.29, 0.717) is 23.9 Å². The van der Waals surface area contributed by atoms with Crippen molar-refractivity contribution in [1.82, 2.24) is 5.32 Å². The van der Waals surface area contributed by atoms with Crippen LogP contribution in [0.15, 0.2) is 47.3 Å². The lowest BCUT2D eigenvalue weighted by molar-refractivity contribution is 0.106. The molecule has 0 radical (unpaired) electrons. The van der Waals surface area contributed by atoms with Gasteiger partial charge in [-0.15, -0.1) is 0 Å². The molecule has 0 aliphatic heterocycles. The van der Waals surface area contributed by atoms with Crippen molar-refractivity contribution in [3.8, 4) is 5.75 Å². The number of rotatable bonds is 7. The van der Waals surface area contributed by atoms with Crippen molar-refractivity contribution >= 4 is 11.6 Å². The van der Waals surface area contributed by atoms with Crippen LogP contribution >= 0.6 is 11.6 Å². The predicted molar refractivity (Wildman–Crippen MR) is 73.4 cm³/mol. The first kappa shape index (κ1) is 13.9. The second-order valence-corrected chi connectivity index (χ2v) is 4.62. The molecule has 2 aromatic rings. The zero-order valence-electron chi connectivity index (χ0n) is 10.4. The van der Waals surface area contributed by atoms with Gasteiger partial charge in [0, 0.05) is 23.7 Å². The summed E-state index contributed by atoms with van der Waals surface area (Å²) in [6.07, 6.45) is 2.71. The van der Waals surface area contributed by atoms with Crippen LogP contribution in [0.2, 0.25) is 5.02 Å². The third kappa shape index (κ3) is 4.95. The van der Waals surface area contributed by atoms with E-state index in [1.54, 1.807) is 36.8 Å². The maximum Gasteiger partial charge on any atom is 0.120 e. The number of aliphatic hydroxyl groups excluding tert-OH is 1. The molecule has 0 bridgehead atoms. The number of benzene rings is 1. The number of halogens is 1. The van der Waals surface area contributed by atoms with Crippen molar-refractivity contribution in [2.24, 2.45) is 0 Å². The Labute approximate surface area is 117 Å². The highest BCUT2D eigenvalue weighted by Gasteiger charge is 2.05. The Hall–Kier alpha value is -1.49. The van der Waals surface area contributed by atoms with Gasteiger partial charge in [0.15, 0.2) is 0 Å². The van der Waals surface area contributed by atoms with Crippen LogP contribution in [0.1, 0.15) is 5.56 Å². The molecule has 2 N–H and O–H groups in total. The molecule has 0 saturated heterocycles. The molecule has 0 saturated carbocycles. The van der Waals surface area contributed by atoms with Crippen molar-refractivity contribution in [3.63, 3.8) is 0 Å². The SMILES string of the molecule is OC(CNCc1ccoc1)COc1cccc(Cl)c1. The van der Waals surface area contributed by atoms with Gasteiger partial charge in [0.25, 0.3) is 0 Å². The number of nitrogens with one attached hydrogen (secondary N) is 1. The molecule has 2 rings (SSSR count). The minimum absolute atomic E-state index is 0.221. The van der Waals surface area contributed by atoms with Gasteiger partial charge >= 0.3 is 0 Å². The van der Waals surface area contributed by atoms with E-state index in [1.807, 2.05) is 6.07 Å². The maximum atomic E-state index is 9.76. The zero-order valence-corrected chi connectivity index (χ0v) is 11.1. The predicted octanol–water partition coefficient (Wildman–Crippen LogP) is 2.46. The van der Waals surface area contributed by atoms with Gasteiger partial charge in [-0.05, 0) is 24.3 Å². The average Bonchev–Trinajstić information content (AvgIpc) is 2.90.